The van der Waals surface area contributed by atoms with E-state index in [1.807, 2.05) is 54.7 Å². The molecule has 3 rings (SSSR count). The van der Waals surface area contributed by atoms with Gasteiger partial charge in [-0.15, -0.1) is 0 Å². The Bertz CT molecular complexity index is 674. The van der Waals surface area contributed by atoms with E-state index in [-0.39, 0.29) is 5.78 Å². The Morgan fingerprint density at radius 2 is 2.00 bits per heavy atom. The molecule has 0 spiro atoms. The van der Waals surface area contributed by atoms with Gasteiger partial charge in [-0.25, -0.2) is 0 Å². The van der Waals surface area contributed by atoms with E-state index in [0.29, 0.717) is 12.3 Å². The first-order valence-electron chi connectivity index (χ1n) is 7.55. The van der Waals surface area contributed by atoms with Crippen molar-refractivity contribution < 1.29 is 9.53 Å². The van der Waals surface area contributed by atoms with E-state index >= 15 is 0 Å². The molecule has 3 heteroatoms. The molecule has 1 fully saturated rings. The molecule has 0 bridgehead atoms. The molecule has 1 atom stereocenters. The molecule has 1 saturated carbocycles. The van der Waals surface area contributed by atoms with E-state index in [1.165, 1.54) is 0 Å². The van der Waals surface area contributed by atoms with Gasteiger partial charge in [-0.1, -0.05) is 18.2 Å². The standard InChI is InChI=1S/C19H19NO2/c1-22-17-8-5-14(6-9-17)12-16-13-15(7-10-19(16)21)18-4-2-3-11-20-18/h2-6,8-9,11-12,15H,7,10,13H2,1H3/b16-12-. The average Bonchev–Trinajstić information content (AvgIpc) is 2.58. The molecule has 3 nitrogen and oxygen atoms in total. The van der Waals surface area contributed by atoms with Gasteiger partial charge in [-0.05, 0) is 54.3 Å². The molecule has 0 aliphatic heterocycles. The number of carbonyl (C=O) groups excluding carboxylic acids is 1. The lowest BCUT2D eigenvalue weighted by molar-refractivity contribution is -0.116. The predicted molar refractivity (Wildman–Crippen MR) is 86.8 cm³/mol. The summed E-state index contributed by atoms with van der Waals surface area (Å²) in [6.07, 6.45) is 6.07. The van der Waals surface area contributed by atoms with Crippen molar-refractivity contribution in [3.8, 4) is 5.75 Å². The number of hydrogen-bond donors (Lipinski definition) is 0. The van der Waals surface area contributed by atoms with Gasteiger partial charge in [0.15, 0.2) is 5.78 Å². The summed E-state index contributed by atoms with van der Waals surface area (Å²) < 4.78 is 5.16. The van der Waals surface area contributed by atoms with Crippen LogP contribution in [0.4, 0.5) is 0 Å². The Kier molecular flexibility index (Phi) is 4.33. The number of benzene rings is 1. The van der Waals surface area contributed by atoms with E-state index in [2.05, 4.69) is 4.98 Å². The number of rotatable bonds is 3. The normalized spacial score (nSPS) is 20.1. The zero-order valence-electron chi connectivity index (χ0n) is 12.7. The second-order valence-corrected chi connectivity index (χ2v) is 5.56. The summed E-state index contributed by atoms with van der Waals surface area (Å²) in [6, 6.07) is 13.8. The lowest BCUT2D eigenvalue weighted by Gasteiger charge is -2.23. The average molecular weight is 293 g/mol. The first-order valence-corrected chi connectivity index (χ1v) is 7.55. The van der Waals surface area contributed by atoms with Gasteiger partial charge in [0.2, 0.25) is 0 Å². The van der Waals surface area contributed by atoms with Crippen molar-refractivity contribution in [2.75, 3.05) is 7.11 Å². The van der Waals surface area contributed by atoms with Crippen LogP contribution in [-0.2, 0) is 4.79 Å². The largest absolute Gasteiger partial charge is 0.497 e. The van der Waals surface area contributed by atoms with Crippen LogP contribution >= 0.6 is 0 Å². The maximum atomic E-state index is 12.2. The fourth-order valence-electron chi connectivity index (χ4n) is 2.86. The first kappa shape index (κ1) is 14.5. The molecule has 0 amide bonds. The minimum Gasteiger partial charge on any atom is -0.497 e. The van der Waals surface area contributed by atoms with Gasteiger partial charge in [0, 0.05) is 24.2 Å². The molecular formula is C19H19NO2. The number of nitrogens with zero attached hydrogens (tertiary/aromatic N) is 1. The van der Waals surface area contributed by atoms with E-state index in [4.69, 9.17) is 4.74 Å². The summed E-state index contributed by atoms with van der Waals surface area (Å²) in [5.41, 5.74) is 3.01. The zero-order valence-corrected chi connectivity index (χ0v) is 12.7. The van der Waals surface area contributed by atoms with Crippen LogP contribution in [0.2, 0.25) is 0 Å². The van der Waals surface area contributed by atoms with Crippen LogP contribution in [0.15, 0.2) is 54.2 Å². The molecule has 1 aliphatic carbocycles. The molecular weight excluding hydrogens is 274 g/mol. The Morgan fingerprint density at radius 1 is 1.18 bits per heavy atom. The molecule has 1 aromatic carbocycles. The number of hydrogen-bond acceptors (Lipinski definition) is 3. The Balaban J connectivity index is 1.81. The maximum Gasteiger partial charge on any atom is 0.158 e. The van der Waals surface area contributed by atoms with Gasteiger partial charge in [0.05, 0.1) is 7.11 Å². The van der Waals surface area contributed by atoms with Crippen LogP contribution in [-0.4, -0.2) is 17.9 Å². The van der Waals surface area contributed by atoms with Gasteiger partial charge in [-0.2, -0.15) is 0 Å². The van der Waals surface area contributed by atoms with Gasteiger partial charge >= 0.3 is 0 Å². The Hall–Kier alpha value is -2.42. The predicted octanol–water partition coefficient (Wildman–Crippen LogP) is 4.01. The summed E-state index contributed by atoms with van der Waals surface area (Å²) in [6.45, 7) is 0. The van der Waals surface area contributed by atoms with Crippen molar-refractivity contribution in [1.82, 2.24) is 4.98 Å². The third-order valence-electron chi connectivity index (χ3n) is 4.11. The van der Waals surface area contributed by atoms with Crippen LogP contribution in [0.25, 0.3) is 6.08 Å². The number of aromatic nitrogens is 1. The van der Waals surface area contributed by atoms with Crippen molar-refractivity contribution >= 4 is 11.9 Å². The molecule has 0 saturated heterocycles. The molecule has 0 radical (unpaired) electrons. The summed E-state index contributed by atoms with van der Waals surface area (Å²) in [4.78, 5) is 16.6. The van der Waals surface area contributed by atoms with Crippen molar-refractivity contribution in [3.63, 3.8) is 0 Å². The zero-order chi connectivity index (χ0) is 15.4. The van der Waals surface area contributed by atoms with Gasteiger partial charge in [-0.3, -0.25) is 9.78 Å². The number of ketones is 1. The highest BCUT2D eigenvalue weighted by molar-refractivity contribution is 6.00. The number of carbonyl (C=O) groups is 1. The highest BCUT2D eigenvalue weighted by Crippen LogP contribution is 2.34. The summed E-state index contributed by atoms with van der Waals surface area (Å²) >= 11 is 0. The monoisotopic (exact) mass is 293 g/mol. The summed E-state index contributed by atoms with van der Waals surface area (Å²) in [5.74, 6) is 1.41. The van der Waals surface area contributed by atoms with Crippen LogP contribution in [0, 0.1) is 0 Å². The SMILES string of the molecule is COc1ccc(/C=C2/CC(c3ccccn3)CCC2=O)cc1. The molecule has 1 unspecified atom stereocenters. The van der Waals surface area contributed by atoms with Crippen molar-refractivity contribution in [2.45, 2.75) is 25.2 Å². The molecule has 112 valence electrons. The highest BCUT2D eigenvalue weighted by atomic mass is 16.5. The van der Waals surface area contributed by atoms with Crippen LogP contribution < -0.4 is 4.74 Å². The number of Topliss-reactive ketones (excluding diaryl/α,β-unsaturated/α-hetero) is 1. The first-order chi connectivity index (χ1) is 10.8. The Morgan fingerprint density at radius 3 is 2.68 bits per heavy atom. The number of methoxy groups -OCH3 is 1. The third-order valence-corrected chi connectivity index (χ3v) is 4.11. The van der Waals surface area contributed by atoms with Crippen LogP contribution in [0.3, 0.4) is 0 Å². The van der Waals surface area contributed by atoms with Gasteiger partial charge in [0.25, 0.3) is 0 Å². The van der Waals surface area contributed by atoms with E-state index < -0.39 is 0 Å². The second-order valence-electron chi connectivity index (χ2n) is 5.56. The molecule has 0 N–H and O–H groups in total. The topological polar surface area (TPSA) is 39.2 Å². The fraction of sp³-hybridized carbons (Fsp3) is 0.263. The van der Waals surface area contributed by atoms with Crippen molar-refractivity contribution in [1.29, 1.82) is 0 Å². The molecule has 1 aromatic heterocycles. The number of allylic oxidation sites excluding steroid dienone is 1. The fourth-order valence-corrected chi connectivity index (χ4v) is 2.86. The van der Waals surface area contributed by atoms with Gasteiger partial charge < -0.3 is 4.74 Å². The molecule has 2 aromatic rings. The summed E-state index contributed by atoms with van der Waals surface area (Å²) in [7, 11) is 1.65. The van der Waals surface area contributed by atoms with E-state index in [9.17, 15) is 4.79 Å². The van der Waals surface area contributed by atoms with E-state index in [1.54, 1.807) is 7.11 Å². The summed E-state index contributed by atoms with van der Waals surface area (Å²) in [5, 5.41) is 0. The lowest BCUT2D eigenvalue weighted by atomic mass is 9.82. The minimum atomic E-state index is 0.253. The Labute approximate surface area is 130 Å². The molecule has 1 heterocycles. The van der Waals surface area contributed by atoms with Crippen LogP contribution in [0.5, 0.6) is 5.75 Å². The quantitative estimate of drug-likeness (QED) is 0.803. The molecule has 22 heavy (non-hydrogen) atoms. The second kappa shape index (κ2) is 6.56. The maximum absolute atomic E-state index is 12.2. The minimum absolute atomic E-state index is 0.253. The number of ether oxygens (including phenoxy) is 1. The highest BCUT2D eigenvalue weighted by Gasteiger charge is 2.25. The molecule has 1 aliphatic rings. The third kappa shape index (κ3) is 3.25. The lowest BCUT2D eigenvalue weighted by Crippen LogP contribution is -2.16. The van der Waals surface area contributed by atoms with Crippen LogP contribution in [0.1, 0.15) is 36.4 Å². The smallest absolute Gasteiger partial charge is 0.158 e. The van der Waals surface area contributed by atoms with Crippen molar-refractivity contribution in [2.24, 2.45) is 0 Å². The number of pyridine rings is 1. The van der Waals surface area contributed by atoms with Gasteiger partial charge in [0.1, 0.15) is 5.75 Å². The van der Waals surface area contributed by atoms with E-state index in [0.717, 1.165) is 35.4 Å². The van der Waals surface area contributed by atoms with Crippen molar-refractivity contribution in [3.05, 3.63) is 65.5 Å².